The first kappa shape index (κ1) is 23.1. The van der Waals surface area contributed by atoms with Gasteiger partial charge < -0.3 is 20.3 Å². The highest BCUT2D eigenvalue weighted by Crippen LogP contribution is 2.24. The van der Waals surface area contributed by atoms with Crippen molar-refractivity contribution in [3.63, 3.8) is 0 Å². The van der Waals surface area contributed by atoms with Gasteiger partial charge in [0.25, 0.3) is 11.8 Å². The monoisotopic (exact) mass is 468 g/mol. The van der Waals surface area contributed by atoms with Crippen molar-refractivity contribution in [3.8, 4) is 0 Å². The Morgan fingerprint density at radius 2 is 2.10 bits per heavy atom. The van der Waals surface area contributed by atoms with Crippen LogP contribution in [0.15, 0.2) is 30.3 Å². The minimum atomic E-state index is -0.692. The minimum Gasteiger partial charge on any atom is -0.370 e. The largest absolute Gasteiger partial charge is 0.370 e. The summed E-state index contributed by atoms with van der Waals surface area (Å²) in [5, 5.41) is 5.36. The number of nitrogens with zero attached hydrogens (tertiary/aromatic N) is 2. The summed E-state index contributed by atoms with van der Waals surface area (Å²) in [5.74, 6) is -1.69. The summed E-state index contributed by atoms with van der Waals surface area (Å²) >= 11 is 6.99. The van der Waals surface area contributed by atoms with Crippen molar-refractivity contribution in [3.05, 3.63) is 45.4 Å². The molecule has 1 saturated heterocycles. The zero-order chi connectivity index (χ0) is 22.5. The van der Waals surface area contributed by atoms with E-state index < -0.39 is 17.8 Å². The summed E-state index contributed by atoms with van der Waals surface area (Å²) in [6, 6.07) is 6.67. The standard InChI is InChI=1S/C20H22ClFN4O4S/c1-25(2)15(10-23-20(29)16-5-6-17(21)31-16)19(28)24-12-3-4-14(13(22)9-12)26-7-8-30-11-18(26)27/h3-6,9,15H,7-8,10-11H2,1-2H3,(H,23,29)(H,24,28)/t15-/m0/s1. The minimum absolute atomic E-state index is 0.0516. The normalized spacial score (nSPS) is 15.1. The summed E-state index contributed by atoms with van der Waals surface area (Å²) in [5.41, 5.74) is 0.382. The number of nitrogens with one attached hydrogen (secondary N) is 2. The van der Waals surface area contributed by atoms with Gasteiger partial charge in [0.05, 0.1) is 21.5 Å². The number of carbonyl (C=O) groups excluding carboxylic acids is 3. The van der Waals surface area contributed by atoms with Gasteiger partial charge >= 0.3 is 0 Å². The van der Waals surface area contributed by atoms with E-state index in [1.54, 1.807) is 31.1 Å². The summed E-state index contributed by atoms with van der Waals surface area (Å²) in [6.45, 7) is 0.554. The molecule has 1 fully saturated rings. The van der Waals surface area contributed by atoms with Gasteiger partial charge in [-0.25, -0.2) is 4.39 Å². The number of likely N-dealkylation sites (N-methyl/N-ethyl adjacent to an activating group) is 1. The zero-order valence-electron chi connectivity index (χ0n) is 17.0. The van der Waals surface area contributed by atoms with Crippen molar-refractivity contribution in [2.75, 3.05) is 50.6 Å². The topological polar surface area (TPSA) is 91.0 Å². The van der Waals surface area contributed by atoms with E-state index in [1.807, 2.05) is 0 Å². The molecule has 11 heteroatoms. The number of thiophene rings is 1. The van der Waals surface area contributed by atoms with E-state index in [1.165, 1.54) is 17.0 Å². The lowest BCUT2D eigenvalue weighted by molar-refractivity contribution is -0.125. The van der Waals surface area contributed by atoms with Crippen LogP contribution in [0.25, 0.3) is 0 Å². The second-order valence-electron chi connectivity index (χ2n) is 7.05. The Hall–Kier alpha value is -2.53. The Labute approximate surface area is 187 Å². The molecule has 1 aliphatic rings. The smallest absolute Gasteiger partial charge is 0.261 e. The van der Waals surface area contributed by atoms with Crippen LogP contribution < -0.4 is 15.5 Å². The number of ether oxygens (including phenoxy) is 1. The van der Waals surface area contributed by atoms with Gasteiger partial charge in [0.15, 0.2) is 0 Å². The molecule has 1 atom stereocenters. The number of rotatable bonds is 7. The number of amides is 3. The first-order valence-corrected chi connectivity index (χ1v) is 10.6. The molecular weight excluding hydrogens is 447 g/mol. The average Bonchev–Trinajstić information content (AvgIpc) is 3.15. The van der Waals surface area contributed by atoms with Crippen molar-refractivity contribution >= 4 is 52.0 Å². The lowest BCUT2D eigenvalue weighted by Crippen LogP contribution is -2.47. The number of halogens is 2. The number of hydrogen-bond acceptors (Lipinski definition) is 6. The number of carbonyl (C=O) groups is 3. The Morgan fingerprint density at radius 3 is 2.71 bits per heavy atom. The quantitative estimate of drug-likeness (QED) is 0.650. The van der Waals surface area contributed by atoms with E-state index in [0.717, 1.165) is 17.4 Å². The van der Waals surface area contributed by atoms with Crippen molar-refractivity contribution < 1.29 is 23.5 Å². The fraction of sp³-hybridized carbons (Fsp3) is 0.350. The molecule has 8 nitrogen and oxygen atoms in total. The molecule has 3 amide bonds. The van der Waals surface area contributed by atoms with Crippen LogP contribution in [0.3, 0.4) is 0 Å². The molecule has 0 saturated carbocycles. The molecule has 1 aromatic heterocycles. The summed E-state index contributed by atoms with van der Waals surface area (Å²) in [7, 11) is 3.40. The van der Waals surface area contributed by atoms with E-state index in [2.05, 4.69) is 10.6 Å². The van der Waals surface area contributed by atoms with Gasteiger partial charge in [0.1, 0.15) is 18.5 Å². The van der Waals surface area contributed by atoms with Crippen LogP contribution in [0, 0.1) is 5.82 Å². The fourth-order valence-corrected chi connectivity index (χ4v) is 3.98. The maximum absolute atomic E-state index is 14.6. The molecule has 2 N–H and O–H groups in total. The molecule has 3 rings (SSSR count). The maximum atomic E-state index is 14.6. The molecule has 2 aromatic rings. The second-order valence-corrected chi connectivity index (χ2v) is 8.76. The van der Waals surface area contributed by atoms with Crippen molar-refractivity contribution in [2.45, 2.75) is 6.04 Å². The van der Waals surface area contributed by atoms with Crippen molar-refractivity contribution in [1.29, 1.82) is 0 Å². The molecule has 1 aliphatic heterocycles. The van der Waals surface area contributed by atoms with Crippen LogP contribution >= 0.6 is 22.9 Å². The number of anilines is 2. The van der Waals surface area contributed by atoms with E-state index in [0.29, 0.717) is 15.8 Å². The summed E-state index contributed by atoms with van der Waals surface area (Å²) < 4.78 is 20.2. The van der Waals surface area contributed by atoms with Crippen LogP contribution in [-0.4, -0.2) is 69.1 Å². The SMILES string of the molecule is CN(C)[C@@H](CNC(=O)c1ccc(Cl)s1)C(=O)Nc1ccc(N2CCOCC2=O)c(F)c1. The van der Waals surface area contributed by atoms with Gasteiger partial charge in [-0.15, -0.1) is 11.3 Å². The Morgan fingerprint density at radius 1 is 1.32 bits per heavy atom. The first-order chi connectivity index (χ1) is 14.8. The highest BCUT2D eigenvalue weighted by molar-refractivity contribution is 7.18. The van der Waals surface area contributed by atoms with Crippen LogP contribution in [0.5, 0.6) is 0 Å². The van der Waals surface area contributed by atoms with E-state index >= 15 is 0 Å². The average molecular weight is 469 g/mol. The Bertz CT molecular complexity index is 984. The number of hydrogen-bond donors (Lipinski definition) is 2. The van der Waals surface area contributed by atoms with Gasteiger partial charge in [-0.1, -0.05) is 11.6 Å². The van der Waals surface area contributed by atoms with Crippen molar-refractivity contribution in [2.24, 2.45) is 0 Å². The maximum Gasteiger partial charge on any atom is 0.261 e. The van der Waals surface area contributed by atoms with Crippen molar-refractivity contribution in [1.82, 2.24) is 10.2 Å². The van der Waals surface area contributed by atoms with Gasteiger partial charge in [0.2, 0.25) is 5.91 Å². The Balaban J connectivity index is 1.64. The van der Waals surface area contributed by atoms with E-state index in [4.69, 9.17) is 16.3 Å². The summed E-state index contributed by atoms with van der Waals surface area (Å²) in [4.78, 5) is 40.3. The van der Waals surface area contributed by atoms with E-state index in [-0.39, 0.29) is 42.9 Å². The third kappa shape index (κ3) is 5.79. The van der Waals surface area contributed by atoms with Gasteiger partial charge in [0, 0.05) is 18.8 Å². The van der Waals surface area contributed by atoms with Gasteiger partial charge in [-0.05, 0) is 44.4 Å². The van der Waals surface area contributed by atoms with Crippen LogP contribution in [0.2, 0.25) is 4.34 Å². The molecule has 2 heterocycles. The molecule has 166 valence electrons. The first-order valence-electron chi connectivity index (χ1n) is 9.44. The predicted octanol–water partition coefficient (Wildman–Crippen LogP) is 2.20. The van der Waals surface area contributed by atoms with Gasteiger partial charge in [-0.3, -0.25) is 19.3 Å². The molecule has 0 spiro atoms. The number of benzene rings is 1. The highest BCUT2D eigenvalue weighted by Gasteiger charge is 2.25. The van der Waals surface area contributed by atoms with Crippen LogP contribution in [-0.2, 0) is 14.3 Å². The molecule has 31 heavy (non-hydrogen) atoms. The highest BCUT2D eigenvalue weighted by atomic mass is 35.5. The second kappa shape index (κ2) is 10.2. The molecule has 0 aliphatic carbocycles. The Kier molecular flexibility index (Phi) is 7.60. The predicted molar refractivity (Wildman–Crippen MR) is 117 cm³/mol. The van der Waals surface area contributed by atoms with E-state index in [9.17, 15) is 18.8 Å². The molecule has 0 bridgehead atoms. The third-order valence-corrected chi connectivity index (χ3v) is 5.90. The fourth-order valence-electron chi connectivity index (χ4n) is 3.02. The molecule has 1 aromatic carbocycles. The van der Waals surface area contributed by atoms with Crippen LogP contribution in [0.1, 0.15) is 9.67 Å². The summed E-state index contributed by atoms with van der Waals surface area (Å²) in [6.07, 6.45) is 0. The number of morpholine rings is 1. The lowest BCUT2D eigenvalue weighted by atomic mass is 10.2. The third-order valence-electron chi connectivity index (χ3n) is 4.67. The van der Waals surface area contributed by atoms with Crippen LogP contribution in [0.4, 0.5) is 15.8 Å². The molecular formula is C20H22ClFN4O4S. The lowest BCUT2D eigenvalue weighted by Gasteiger charge is -2.27. The molecule has 0 radical (unpaired) electrons. The van der Waals surface area contributed by atoms with Gasteiger partial charge in [-0.2, -0.15) is 0 Å². The molecule has 0 unspecified atom stereocenters. The zero-order valence-corrected chi connectivity index (χ0v) is 18.6.